The van der Waals surface area contributed by atoms with Gasteiger partial charge in [-0.1, -0.05) is 52.3 Å². The van der Waals surface area contributed by atoms with Crippen LogP contribution in [0.25, 0.3) is 0 Å². The number of fused-ring (bicyclic) bond motifs is 1. The Morgan fingerprint density at radius 3 is 2.52 bits per heavy atom. The molecule has 0 aliphatic carbocycles. The second-order valence-corrected chi connectivity index (χ2v) is 5.58. The third-order valence-electron chi connectivity index (χ3n) is 3.44. The van der Waals surface area contributed by atoms with E-state index in [0.717, 1.165) is 0 Å². The predicted molar refractivity (Wildman–Crippen MR) is 79.0 cm³/mol. The highest BCUT2D eigenvalue weighted by Gasteiger charge is 2.42. The highest BCUT2D eigenvalue weighted by atomic mass is 79.9. The summed E-state index contributed by atoms with van der Waals surface area (Å²) in [5, 5.41) is 10.4. The third-order valence-corrected chi connectivity index (χ3v) is 4.13. The molecule has 0 fully saturated rings. The van der Waals surface area contributed by atoms with Crippen LogP contribution in [0.2, 0.25) is 0 Å². The molecular formula is C16H11BrO4. The maximum absolute atomic E-state index is 12.6. The van der Waals surface area contributed by atoms with E-state index < -0.39 is 23.8 Å². The van der Waals surface area contributed by atoms with Gasteiger partial charge in [-0.25, -0.2) is 0 Å². The van der Waals surface area contributed by atoms with E-state index >= 15 is 0 Å². The number of ketones is 1. The molecule has 4 nitrogen and oxygen atoms in total. The Labute approximate surface area is 129 Å². The lowest BCUT2D eigenvalue weighted by atomic mass is 9.86. The van der Waals surface area contributed by atoms with Crippen LogP contribution < -0.4 is 4.74 Å². The van der Waals surface area contributed by atoms with Gasteiger partial charge in [-0.3, -0.25) is 9.59 Å². The van der Waals surface area contributed by atoms with Crippen molar-refractivity contribution in [3.05, 3.63) is 64.1 Å². The number of para-hydroxylation sites is 1. The number of benzene rings is 2. The van der Waals surface area contributed by atoms with Gasteiger partial charge in [-0.2, -0.15) is 0 Å². The first-order valence-corrected chi connectivity index (χ1v) is 7.16. The van der Waals surface area contributed by atoms with Gasteiger partial charge in [0.15, 0.2) is 11.7 Å². The van der Waals surface area contributed by atoms with Crippen LogP contribution in [-0.2, 0) is 4.79 Å². The van der Waals surface area contributed by atoms with Crippen molar-refractivity contribution in [3.8, 4) is 5.75 Å². The minimum absolute atomic E-state index is 0.297. The molecule has 0 radical (unpaired) electrons. The maximum atomic E-state index is 12.6. The first-order chi connectivity index (χ1) is 10.1. The molecule has 21 heavy (non-hydrogen) atoms. The fraction of sp³-hybridized carbons (Fsp3) is 0.125. The van der Waals surface area contributed by atoms with E-state index in [4.69, 9.17) is 4.74 Å². The summed E-state index contributed by atoms with van der Waals surface area (Å²) in [4.78, 5) is 24.6. The van der Waals surface area contributed by atoms with Crippen molar-refractivity contribution >= 4 is 27.7 Å². The average Bonchev–Trinajstić information content (AvgIpc) is 2.47. The Morgan fingerprint density at radius 2 is 1.76 bits per heavy atom. The first kappa shape index (κ1) is 14.0. The number of rotatable bonds is 2. The van der Waals surface area contributed by atoms with E-state index in [1.807, 2.05) is 0 Å². The Balaban J connectivity index is 2.02. The van der Waals surface area contributed by atoms with Crippen LogP contribution in [0.5, 0.6) is 5.75 Å². The maximum Gasteiger partial charge on any atom is 0.325 e. The zero-order valence-corrected chi connectivity index (χ0v) is 12.4. The van der Waals surface area contributed by atoms with Crippen LogP contribution in [-0.4, -0.2) is 16.9 Å². The molecule has 1 aliphatic rings. The Kier molecular flexibility index (Phi) is 3.61. The zero-order chi connectivity index (χ0) is 15.0. The zero-order valence-electron chi connectivity index (χ0n) is 10.8. The Morgan fingerprint density at radius 1 is 1.10 bits per heavy atom. The average molecular weight is 347 g/mol. The van der Waals surface area contributed by atoms with Crippen LogP contribution in [0.3, 0.4) is 0 Å². The minimum atomic E-state index is -1.25. The van der Waals surface area contributed by atoms with Gasteiger partial charge in [0.1, 0.15) is 11.9 Å². The number of aliphatic hydroxyl groups excluding tert-OH is 1. The van der Waals surface area contributed by atoms with Crippen molar-refractivity contribution in [1.82, 2.24) is 0 Å². The molecule has 0 amide bonds. The lowest BCUT2D eigenvalue weighted by Crippen LogP contribution is -2.37. The van der Waals surface area contributed by atoms with Crippen LogP contribution >= 0.6 is 15.9 Å². The normalized spacial score (nSPS) is 20.6. The second kappa shape index (κ2) is 5.42. The fourth-order valence-electron chi connectivity index (χ4n) is 2.38. The number of hydrogen-bond acceptors (Lipinski definition) is 4. The molecule has 0 spiro atoms. The Bertz CT molecular complexity index is 726. The standard InChI is InChI=1S/C16H11BrO4/c17-11-7-3-1-5-9(11)14(18)13-15(19)10-6-2-4-8-12(10)21-16(13)20/h1-8,13,15,19H/t13-,15+/m0/s1. The Hall–Kier alpha value is -1.98. The molecule has 5 heteroatoms. The summed E-state index contributed by atoms with van der Waals surface area (Å²) in [5.41, 5.74) is 0.792. The number of ether oxygens (including phenoxy) is 1. The lowest BCUT2D eigenvalue weighted by molar-refractivity contribution is -0.142. The topological polar surface area (TPSA) is 63.6 Å². The van der Waals surface area contributed by atoms with Crippen molar-refractivity contribution in [2.45, 2.75) is 6.10 Å². The largest absolute Gasteiger partial charge is 0.426 e. The second-order valence-electron chi connectivity index (χ2n) is 4.73. The molecule has 0 aromatic heterocycles. The number of esters is 1. The molecule has 0 saturated heterocycles. The smallest absolute Gasteiger partial charge is 0.325 e. The molecular weight excluding hydrogens is 336 g/mol. The van der Waals surface area contributed by atoms with E-state index in [1.54, 1.807) is 48.5 Å². The van der Waals surface area contributed by atoms with Crippen LogP contribution in [0.4, 0.5) is 0 Å². The van der Waals surface area contributed by atoms with Gasteiger partial charge < -0.3 is 9.84 Å². The number of hydrogen-bond donors (Lipinski definition) is 1. The third kappa shape index (κ3) is 2.39. The number of aliphatic hydroxyl groups is 1. The molecule has 1 aliphatic heterocycles. The SMILES string of the molecule is O=C1Oc2ccccc2[C@@H](O)[C@@H]1C(=O)c1ccccc1Br. The summed E-state index contributed by atoms with van der Waals surface area (Å²) in [5.74, 6) is -2.15. The van der Waals surface area contributed by atoms with E-state index in [0.29, 0.717) is 21.3 Å². The number of halogens is 1. The highest BCUT2D eigenvalue weighted by molar-refractivity contribution is 9.10. The van der Waals surface area contributed by atoms with Gasteiger partial charge >= 0.3 is 5.97 Å². The van der Waals surface area contributed by atoms with Crippen LogP contribution in [0, 0.1) is 5.92 Å². The first-order valence-electron chi connectivity index (χ1n) is 6.37. The molecule has 106 valence electrons. The van der Waals surface area contributed by atoms with Gasteiger partial charge in [0.25, 0.3) is 0 Å². The highest BCUT2D eigenvalue weighted by Crippen LogP contribution is 2.38. The summed E-state index contributed by atoms with van der Waals surface area (Å²) in [7, 11) is 0. The van der Waals surface area contributed by atoms with Gasteiger partial charge in [0, 0.05) is 15.6 Å². The monoisotopic (exact) mass is 346 g/mol. The minimum Gasteiger partial charge on any atom is -0.426 e. The van der Waals surface area contributed by atoms with Gasteiger partial charge in [-0.15, -0.1) is 0 Å². The van der Waals surface area contributed by atoms with Crippen LogP contribution in [0.1, 0.15) is 22.0 Å². The molecule has 3 rings (SSSR count). The molecule has 1 N–H and O–H groups in total. The molecule has 2 aromatic rings. The molecule has 1 heterocycles. The van der Waals surface area contributed by atoms with E-state index in [9.17, 15) is 14.7 Å². The summed E-state index contributed by atoms with van der Waals surface area (Å²) >= 11 is 3.28. The summed E-state index contributed by atoms with van der Waals surface area (Å²) < 4.78 is 5.74. The quantitative estimate of drug-likeness (QED) is 0.393. The van der Waals surface area contributed by atoms with Gasteiger partial charge in [-0.05, 0) is 12.1 Å². The van der Waals surface area contributed by atoms with Gasteiger partial charge in [0.05, 0.1) is 0 Å². The number of carbonyl (C=O) groups is 2. The van der Waals surface area contributed by atoms with Crippen molar-refractivity contribution in [3.63, 3.8) is 0 Å². The van der Waals surface area contributed by atoms with Gasteiger partial charge in [0.2, 0.25) is 0 Å². The molecule has 2 aromatic carbocycles. The van der Waals surface area contributed by atoms with Crippen molar-refractivity contribution in [2.75, 3.05) is 0 Å². The molecule has 0 unspecified atom stereocenters. The number of Topliss-reactive ketones (excluding diaryl/α,β-unsaturated/α-hetero) is 1. The van der Waals surface area contributed by atoms with E-state index in [2.05, 4.69) is 15.9 Å². The summed E-state index contributed by atoms with van der Waals surface area (Å²) in [6.45, 7) is 0. The van der Waals surface area contributed by atoms with E-state index in [1.165, 1.54) is 0 Å². The predicted octanol–water partition coefficient (Wildman–Crippen LogP) is 2.90. The fourth-order valence-corrected chi connectivity index (χ4v) is 2.86. The molecule has 0 saturated carbocycles. The molecule has 0 bridgehead atoms. The van der Waals surface area contributed by atoms with Crippen molar-refractivity contribution in [2.24, 2.45) is 5.92 Å². The summed E-state index contributed by atoms with van der Waals surface area (Å²) in [6.07, 6.45) is -1.21. The van der Waals surface area contributed by atoms with Crippen LogP contribution in [0.15, 0.2) is 53.0 Å². The molecule has 2 atom stereocenters. The van der Waals surface area contributed by atoms with E-state index in [-0.39, 0.29) is 0 Å². The van der Waals surface area contributed by atoms with Crippen molar-refractivity contribution < 1.29 is 19.4 Å². The number of carbonyl (C=O) groups excluding carboxylic acids is 2. The van der Waals surface area contributed by atoms with Crippen molar-refractivity contribution in [1.29, 1.82) is 0 Å². The summed E-state index contributed by atoms with van der Waals surface area (Å²) in [6, 6.07) is 13.4. The lowest BCUT2D eigenvalue weighted by Gasteiger charge is -2.27.